The molecule has 0 aliphatic rings. The first kappa shape index (κ1) is 22.2. The minimum absolute atomic E-state index is 0.119. The van der Waals surface area contributed by atoms with Crippen LogP contribution in [0, 0.1) is 6.92 Å². The number of thiocarbonyl (C=S) groups is 1. The molecule has 28 heavy (non-hydrogen) atoms. The molecule has 0 heterocycles. The maximum absolute atomic E-state index is 12.0. The van der Waals surface area contributed by atoms with Gasteiger partial charge in [0, 0.05) is 17.1 Å². The highest BCUT2D eigenvalue weighted by Gasteiger charge is 2.13. The Bertz CT molecular complexity index is 829. The Balaban J connectivity index is 1.70. The van der Waals surface area contributed by atoms with E-state index in [4.69, 9.17) is 28.6 Å². The van der Waals surface area contributed by atoms with Crippen LogP contribution in [0.5, 0.6) is 5.75 Å². The van der Waals surface area contributed by atoms with Crippen molar-refractivity contribution in [3.05, 3.63) is 58.6 Å². The third-order valence-electron chi connectivity index (χ3n) is 4.23. The van der Waals surface area contributed by atoms with E-state index >= 15 is 0 Å². The summed E-state index contributed by atoms with van der Waals surface area (Å²) in [6.07, 6.45) is 0.941. The molecule has 0 saturated heterocycles. The highest BCUT2D eigenvalue weighted by atomic mass is 35.5. The number of amides is 1. The lowest BCUT2D eigenvalue weighted by Crippen LogP contribution is -2.34. The maximum atomic E-state index is 12.0. The topological polar surface area (TPSA) is 50.4 Å². The van der Waals surface area contributed by atoms with Crippen molar-refractivity contribution >= 4 is 40.5 Å². The minimum atomic E-state index is -0.143. The highest BCUT2D eigenvalue weighted by Crippen LogP contribution is 2.24. The zero-order valence-electron chi connectivity index (χ0n) is 16.8. The van der Waals surface area contributed by atoms with Gasteiger partial charge >= 0.3 is 0 Å². The molecule has 0 spiro atoms. The first-order valence-electron chi connectivity index (χ1n) is 9.25. The molecule has 2 rings (SSSR count). The van der Waals surface area contributed by atoms with Crippen LogP contribution in [-0.2, 0) is 10.2 Å². The van der Waals surface area contributed by atoms with Gasteiger partial charge in [0.05, 0.1) is 6.61 Å². The van der Waals surface area contributed by atoms with Crippen molar-refractivity contribution in [1.82, 2.24) is 5.32 Å². The van der Waals surface area contributed by atoms with Crippen LogP contribution in [0.25, 0.3) is 0 Å². The molecular formula is C22H27ClN2O2S. The second-order valence-corrected chi connectivity index (χ2v) is 8.53. The standard InChI is InChI=1S/C22H27ClN2O2S/c1-15-14-17(23)9-12-19(15)24-21(28)25-20(26)6-5-13-27-18-10-7-16(8-11-18)22(2,3)4/h7-12,14H,5-6,13H2,1-4H3,(H2,24,25,26,28). The fraction of sp³-hybridized carbons (Fsp3) is 0.364. The summed E-state index contributed by atoms with van der Waals surface area (Å²) in [6, 6.07) is 13.5. The quantitative estimate of drug-likeness (QED) is 0.472. The van der Waals surface area contributed by atoms with E-state index in [1.165, 1.54) is 5.56 Å². The van der Waals surface area contributed by atoms with Crippen LogP contribution >= 0.6 is 23.8 Å². The largest absolute Gasteiger partial charge is 0.494 e. The van der Waals surface area contributed by atoms with Crippen molar-refractivity contribution in [2.24, 2.45) is 0 Å². The summed E-state index contributed by atoms with van der Waals surface area (Å²) in [4.78, 5) is 12.0. The second kappa shape index (κ2) is 9.89. The number of nitrogens with one attached hydrogen (secondary N) is 2. The van der Waals surface area contributed by atoms with Crippen LogP contribution in [0.1, 0.15) is 44.7 Å². The molecule has 0 aliphatic carbocycles. The number of halogens is 1. The van der Waals surface area contributed by atoms with Gasteiger partial charge in [0.1, 0.15) is 5.75 Å². The molecule has 0 unspecified atom stereocenters. The molecule has 1 amide bonds. The Morgan fingerprint density at radius 3 is 2.43 bits per heavy atom. The monoisotopic (exact) mass is 418 g/mol. The second-order valence-electron chi connectivity index (χ2n) is 7.69. The van der Waals surface area contributed by atoms with E-state index in [0.717, 1.165) is 17.0 Å². The predicted octanol–water partition coefficient (Wildman–Crippen LogP) is 5.62. The number of aryl methyl sites for hydroxylation is 1. The first-order chi connectivity index (χ1) is 13.1. The predicted molar refractivity (Wildman–Crippen MR) is 120 cm³/mol. The SMILES string of the molecule is Cc1cc(Cl)ccc1NC(=S)NC(=O)CCCOc1ccc(C(C)(C)C)cc1. The number of ether oxygens (including phenoxy) is 1. The molecule has 6 heteroatoms. The van der Waals surface area contributed by atoms with Crippen LogP contribution in [0.15, 0.2) is 42.5 Å². The van der Waals surface area contributed by atoms with Crippen molar-refractivity contribution in [3.63, 3.8) is 0 Å². The van der Waals surface area contributed by atoms with Crippen LogP contribution < -0.4 is 15.4 Å². The maximum Gasteiger partial charge on any atom is 0.226 e. The lowest BCUT2D eigenvalue weighted by Gasteiger charge is -2.19. The van der Waals surface area contributed by atoms with E-state index in [0.29, 0.717) is 24.5 Å². The Labute approximate surface area is 177 Å². The number of carbonyl (C=O) groups excluding carboxylic acids is 1. The number of carbonyl (C=O) groups is 1. The molecule has 0 aromatic heterocycles. The summed E-state index contributed by atoms with van der Waals surface area (Å²) < 4.78 is 5.71. The Hall–Kier alpha value is -2.11. The number of anilines is 1. The van der Waals surface area contributed by atoms with Crippen molar-refractivity contribution in [3.8, 4) is 5.75 Å². The van der Waals surface area contributed by atoms with Gasteiger partial charge in [-0.2, -0.15) is 0 Å². The molecule has 0 aliphatic heterocycles. The fourth-order valence-corrected chi connectivity index (χ4v) is 3.03. The summed E-state index contributed by atoms with van der Waals surface area (Å²) >= 11 is 11.1. The van der Waals surface area contributed by atoms with Gasteiger partial charge in [-0.25, -0.2) is 0 Å². The molecule has 0 fully saturated rings. The highest BCUT2D eigenvalue weighted by molar-refractivity contribution is 7.80. The van der Waals surface area contributed by atoms with E-state index in [9.17, 15) is 4.79 Å². The van der Waals surface area contributed by atoms with Gasteiger partial charge in [-0.05, 0) is 72.4 Å². The van der Waals surface area contributed by atoms with Crippen LogP contribution in [0.3, 0.4) is 0 Å². The van der Waals surface area contributed by atoms with Crippen molar-refractivity contribution in [2.45, 2.75) is 46.0 Å². The number of rotatable bonds is 6. The lowest BCUT2D eigenvalue weighted by molar-refractivity contribution is -0.119. The van der Waals surface area contributed by atoms with Crippen molar-refractivity contribution in [1.29, 1.82) is 0 Å². The number of hydrogen-bond donors (Lipinski definition) is 2. The zero-order chi connectivity index (χ0) is 20.7. The van der Waals surface area contributed by atoms with Gasteiger partial charge in [0.15, 0.2) is 5.11 Å². The molecule has 150 valence electrons. The molecule has 2 N–H and O–H groups in total. The fourth-order valence-electron chi connectivity index (χ4n) is 2.58. The van der Waals surface area contributed by atoms with Gasteiger partial charge in [-0.1, -0.05) is 44.5 Å². The van der Waals surface area contributed by atoms with E-state index in [-0.39, 0.29) is 16.4 Å². The average Bonchev–Trinajstić information content (AvgIpc) is 2.61. The van der Waals surface area contributed by atoms with E-state index in [2.05, 4.69) is 43.5 Å². The molecule has 0 bridgehead atoms. The van der Waals surface area contributed by atoms with Crippen molar-refractivity contribution < 1.29 is 9.53 Å². The van der Waals surface area contributed by atoms with Gasteiger partial charge < -0.3 is 15.4 Å². The third kappa shape index (κ3) is 7.13. The summed E-state index contributed by atoms with van der Waals surface area (Å²) in [6.45, 7) is 8.92. The molecule has 0 atom stereocenters. The first-order valence-corrected chi connectivity index (χ1v) is 10.0. The third-order valence-corrected chi connectivity index (χ3v) is 4.67. The summed E-state index contributed by atoms with van der Waals surface area (Å²) in [7, 11) is 0. The van der Waals surface area contributed by atoms with E-state index in [1.54, 1.807) is 6.07 Å². The molecule has 2 aromatic carbocycles. The molecule has 4 nitrogen and oxygen atoms in total. The minimum Gasteiger partial charge on any atom is -0.494 e. The van der Waals surface area contributed by atoms with Gasteiger partial charge in [-0.15, -0.1) is 0 Å². The molecular weight excluding hydrogens is 392 g/mol. The number of hydrogen-bond acceptors (Lipinski definition) is 3. The molecule has 0 radical (unpaired) electrons. The normalized spacial score (nSPS) is 11.0. The zero-order valence-corrected chi connectivity index (χ0v) is 18.3. The van der Waals surface area contributed by atoms with E-state index < -0.39 is 0 Å². The smallest absolute Gasteiger partial charge is 0.226 e. The average molecular weight is 419 g/mol. The summed E-state index contributed by atoms with van der Waals surface area (Å²) in [5.41, 5.74) is 3.15. The lowest BCUT2D eigenvalue weighted by atomic mass is 9.87. The summed E-state index contributed by atoms with van der Waals surface area (Å²) in [5.74, 6) is 0.666. The van der Waals surface area contributed by atoms with Crippen LogP contribution in [-0.4, -0.2) is 17.6 Å². The number of benzene rings is 2. The van der Waals surface area contributed by atoms with Gasteiger partial charge in [0.2, 0.25) is 5.91 Å². The van der Waals surface area contributed by atoms with Crippen molar-refractivity contribution in [2.75, 3.05) is 11.9 Å². The van der Waals surface area contributed by atoms with Gasteiger partial charge in [-0.3, -0.25) is 4.79 Å². The van der Waals surface area contributed by atoms with E-state index in [1.807, 2.05) is 31.2 Å². The Kier molecular flexibility index (Phi) is 7.84. The van der Waals surface area contributed by atoms with Crippen LogP contribution in [0.4, 0.5) is 5.69 Å². The molecule has 2 aromatic rings. The summed E-state index contributed by atoms with van der Waals surface area (Å²) in [5, 5.41) is 6.63. The Morgan fingerprint density at radius 1 is 1.14 bits per heavy atom. The van der Waals surface area contributed by atoms with Crippen LogP contribution in [0.2, 0.25) is 5.02 Å². The van der Waals surface area contributed by atoms with Gasteiger partial charge in [0.25, 0.3) is 0 Å². The Morgan fingerprint density at radius 2 is 1.82 bits per heavy atom. The molecule has 0 saturated carbocycles.